The Bertz CT molecular complexity index is 1260. The number of aromatic nitrogens is 1. The van der Waals surface area contributed by atoms with Crippen LogP contribution >= 0.6 is 11.6 Å². The smallest absolute Gasteiger partial charge is 0.255 e. The predicted octanol–water partition coefficient (Wildman–Crippen LogP) is 7.31. The number of ether oxygens (including phenoxy) is 1. The first-order chi connectivity index (χ1) is 15.3. The highest BCUT2D eigenvalue weighted by Gasteiger charge is 2.14. The number of fused-ring (bicyclic) bond motifs is 1. The largest absolute Gasteiger partial charge is 0.491 e. The number of oxazole rings is 1. The molecule has 4 aromatic rings. The third-order valence-corrected chi connectivity index (χ3v) is 5.36. The molecule has 0 fully saturated rings. The van der Waals surface area contributed by atoms with Crippen molar-refractivity contribution in [2.75, 3.05) is 5.32 Å². The Balaban J connectivity index is 1.57. The van der Waals surface area contributed by atoms with Crippen molar-refractivity contribution in [3.05, 3.63) is 76.8 Å². The van der Waals surface area contributed by atoms with Gasteiger partial charge in [0.25, 0.3) is 5.91 Å². The molecule has 0 saturated heterocycles. The molecule has 0 saturated carbocycles. The van der Waals surface area contributed by atoms with Crippen molar-refractivity contribution in [1.29, 1.82) is 0 Å². The zero-order valence-corrected chi connectivity index (χ0v) is 19.2. The molecule has 164 valence electrons. The summed E-state index contributed by atoms with van der Waals surface area (Å²) in [5.41, 5.74) is 4.44. The van der Waals surface area contributed by atoms with Gasteiger partial charge in [-0.15, -0.1) is 0 Å². The monoisotopic (exact) mass is 448 g/mol. The van der Waals surface area contributed by atoms with Crippen LogP contribution < -0.4 is 10.1 Å². The molecule has 1 aromatic heterocycles. The third kappa shape index (κ3) is 4.78. The van der Waals surface area contributed by atoms with E-state index >= 15 is 0 Å². The number of anilines is 1. The second kappa shape index (κ2) is 9.05. The normalized spacial score (nSPS) is 11.3. The van der Waals surface area contributed by atoms with E-state index in [2.05, 4.69) is 24.1 Å². The zero-order chi connectivity index (χ0) is 22.8. The molecule has 0 bridgehead atoms. The summed E-state index contributed by atoms with van der Waals surface area (Å²) in [6, 6.07) is 18.3. The number of hydrogen-bond donors (Lipinski definition) is 1. The topological polar surface area (TPSA) is 64.4 Å². The van der Waals surface area contributed by atoms with Crippen LogP contribution in [0, 0.1) is 0 Å². The lowest BCUT2D eigenvalue weighted by Gasteiger charge is -2.11. The molecular weight excluding hydrogens is 424 g/mol. The molecule has 1 N–H and O–H groups in total. The molecule has 1 amide bonds. The zero-order valence-electron chi connectivity index (χ0n) is 18.5. The van der Waals surface area contributed by atoms with Gasteiger partial charge in [-0.05, 0) is 79.9 Å². The van der Waals surface area contributed by atoms with Crippen molar-refractivity contribution >= 4 is 34.3 Å². The number of nitrogens with one attached hydrogen (secondary N) is 1. The van der Waals surface area contributed by atoms with E-state index in [4.69, 9.17) is 20.8 Å². The van der Waals surface area contributed by atoms with E-state index in [1.165, 1.54) is 5.56 Å². The lowest BCUT2D eigenvalue weighted by Crippen LogP contribution is -2.12. The molecule has 0 atom stereocenters. The van der Waals surface area contributed by atoms with Crippen LogP contribution in [-0.2, 0) is 0 Å². The van der Waals surface area contributed by atoms with Gasteiger partial charge in [-0.25, -0.2) is 4.98 Å². The minimum atomic E-state index is -0.265. The Morgan fingerprint density at radius 1 is 1.00 bits per heavy atom. The molecule has 0 aliphatic carbocycles. The summed E-state index contributed by atoms with van der Waals surface area (Å²) in [4.78, 5) is 17.4. The fourth-order valence-electron chi connectivity index (χ4n) is 3.33. The number of carbonyl (C=O) groups is 1. The number of benzene rings is 3. The fourth-order valence-corrected chi connectivity index (χ4v) is 3.50. The van der Waals surface area contributed by atoms with Gasteiger partial charge in [0.1, 0.15) is 11.3 Å². The summed E-state index contributed by atoms with van der Waals surface area (Å²) in [6.07, 6.45) is 0.0695. The highest BCUT2D eigenvalue weighted by atomic mass is 35.5. The van der Waals surface area contributed by atoms with E-state index in [0.29, 0.717) is 39.4 Å². The van der Waals surface area contributed by atoms with Crippen LogP contribution in [0.4, 0.5) is 5.69 Å². The molecule has 0 aliphatic heterocycles. The second-order valence-corrected chi connectivity index (χ2v) is 8.65. The van der Waals surface area contributed by atoms with Gasteiger partial charge in [-0.3, -0.25) is 4.79 Å². The maximum Gasteiger partial charge on any atom is 0.255 e. The molecule has 6 heteroatoms. The van der Waals surface area contributed by atoms with Gasteiger partial charge in [-0.1, -0.05) is 31.5 Å². The first kappa shape index (κ1) is 21.9. The average Bonchev–Trinajstić information content (AvgIpc) is 3.18. The van der Waals surface area contributed by atoms with Crippen molar-refractivity contribution in [3.8, 4) is 17.2 Å². The van der Waals surface area contributed by atoms with Gasteiger partial charge in [0.15, 0.2) is 5.58 Å². The third-order valence-electron chi connectivity index (χ3n) is 5.03. The second-order valence-electron chi connectivity index (χ2n) is 8.24. The van der Waals surface area contributed by atoms with Crippen LogP contribution in [0.1, 0.15) is 49.5 Å². The molecule has 4 rings (SSSR count). The van der Waals surface area contributed by atoms with Crippen molar-refractivity contribution in [2.45, 2.75) is 39.7 Å². The minimum Gasteiger partial charge on any atom is -0.491 e. The maximum absolute atomic E-state index is 12.7. The summed E-state index contributed by atoms with van der Waals surface area (Å²) in [5.74, 6) is 1.33. The Hall–Kier alpha value is -3.31. The highest BCUT2D eigenvalue weighted by molar-refractivity contribution is 6.34. The molecule has 5 nitrogen and oxygen atoms in total. The summed E-state index contributed by atoms with van der Waals surface area (Å²) in [7, 11) is 0. The number of rotatable bonds is 6. The van der Waals surface area contributed by atoms with E-state index in [1.807, 2.05) is 38.1 Å². The summed E-state index contributed by atoms with van der Waals surface area (Å²) in [6.45, 7) is 8.19. The quantitative estimate of drug-likeness (QED) is 0.335. The average molecular weight is 449 g/mol. The van der Waals surface area contributed by atoms with Gasteiger partial charge in [0.2, 0.25) is 5.89 Å². The van der Waals surface area contributed by atoms with Crippen LogP contribution in [-0.4, -0.2) is 17.0 Å². The first-order valence-electron chi connectivity index (χ1n) is 10.6. The molecule has 3 aromatic carbocycles. The van der Waals surface area contributed by atoms with Crippen molar-refractivity contribution < 1.29 is 13.9 Å². The van der Waals surface area contributed by atoms with Crippen LogP contribution in [0.2, 0.25) is 5.02 Å². The number of hydrogen-bond acceptors (Lipinski definition) is 4. The van der Waals surface area contributed by atoms with Crippen LogP contribution in [0.25, 0.3) is 22.6 Å². The number of nitrogens with zero attached hydrogens (tertiary/aromatic N) is 1. The van der Waals surface area contributed by atoms with Crippen LogP contribution in [0.3, 0.4) is 0 Å². The van der Waals surface area contributed by atoms with Gasteiger partial charge < -0.3 is 14.5 Å². The molecule has 0 radical (unpaired) electrons. The Kier molecular flexibility index (Phi) is 6.19. The Labute approximate surface area is 192 Å². The van der Waals surface area contributed by atoms with E-state index in [1.54, 1.807) is 36.4 Å². The Morgan fingerprint density at radius 2 is 1.75 bits per heavy atom. The summed E-state index contributed by atoms with van der Waals surface area (Å²) >= 11 is 6.35. The molecular formula is C26H25ClN2O3. The van der Waals surface area contributed by atoms with E-state index in [-0.39, 0.29) is 12.0 Å². The van der Waals surface area contributed by atoms with Crippen molar-refractivity contribution in [2.24, 2.45) is 0 Å². The molecule has 0 aliphatic rings. The standard InChI is InChI=1S/C26H25ClN2O3/c1-15(2)18-8-12-24-23(13-18)29-26(32-24)19-7-11-21(27)22(14-19)28-25(30)17-5-9-20(10-6-17)31-16(3)4/h5-16H,1-4H3,(H,28,30). The van der Waals surface area contributed by atoms with Gasteiger partial charge in [0.05, 0.1) is 16.8 Å². The highest BCUT2D eigenvalue weighted by Crippen LogP contribution is 2.31. The SMILES string of the molecule is CC(C)Oc1ccc(C(=O)Nc2cc(-c3nc4cc(C(C)C)ccc4o3)ccc2Cl)cc1. The molecule has 0 unspecified atom stereocenters. The van der Waals surface area contributed by atoms with Crippen LogP contribution in [0.5, 0.6) is 5.75 Å². The molecule has 1 heterocycles. The lowest BCUT2D eigenvalue weighted by atomic mass is 10.0. The predicted molar refractivity (Wildman–Crippen MR) is 129 cm³/mol. The first-order valence-corrected chi connectivity index (χ1v) is 11.0. The van der Waals surface area contributed by atoms with Gasteiger partial charge >= 0.3 is 0 Å². The molecule has 32 heavy (non-hydrogen) atoms. The maximum atomic E-state index is 12.7. The van der Waals surface area contributed by atoms with E-state index in [0.717, 1.165) is 11.1 Å². The lowest BCUT2D eigenvalue weighted by molar-refractivity contribution is 0.102. The van der Waals surface area contributed by atoms with E-state index in [9.17, 15) is 4.79 Å². The molecule has 0 spiro atoms. The fraction of sp³-hybridized carbons (Fsp3) is 0.231. The van der Waals surface area contributed by atoms with E-state index < -0.39 is 0 Å². The van der Waals surface area contributed by atoms with Crippen molar-refractivity contribution in [1.82, 2.24) is 4.98 Å². The van der Waals surface area contributed by atoms with Crippen LogP contribution in [0.15, 0.2) is 65.1 Å². The number of halogens is 1. The van der Waals surface area contributed by atoms with Gasteiger partial charge in [0, 0.05) is 11.1 Å². The minimum absolute atomic E-state index is 0.0695. The number of amides is 1. The van der Waals surface area contributed by atoms with Gasteiger partial charge in [-0.2, -0.15) is 0 Å². The Morgan fingerprint density at radius 3 is 2.44 bits per heavy atom. The van der Waals surface area contributed by atoms with Crippen molar-refractivity contribution in [3.63, 3.8) is 0 Å². The summed E-state index contributed by atoms with van der Waals surface area (Å²) in [5, 5.41) is 3.30. The summed E-state index contributed by atoms with van der Waals surface area (Å²) < 4.78 is 11.6. The number of carbonyl (C=O) groups excluding carboxylic acids is 1.